The number of fused-ring (bicyclic) bond motifs is 1. The molecule has 0 bridgehead atoms. The van der Waals surface area contributed by atoms with Crippen LogP contribution >= 0.6 is 11.6 Å². The monoisotopic (exact) mass is 602 g/mol. The van der Waals surface area contributed by atoms with Crippen molar-refractivity contribution in [2.24, 2.45) is 5.92 Å². The highest BCUT2D eigenvalue weighted by molar-refractivity contribution is 6.33. The highest BCUT2D eigenvalue weighted by atomic mass is 35.5. The van der Waals surface area contributed by atoms with Crippen molar-refractivity contribution in [2.45, 2.75) is 53.0 Å². The van der Waals surface area contributed by atoms with E-state index in [0.717, 1.165) is 29.7 Å². The summed E-state index contributed by atoms with van der Waals surface area (Å²) in [7, 11) is 0. The standard InChI is InChI=1S/C33H39ClN6O3/c1-7-22-11-10-12-23(8-2)28(22)40-31-25(17-26(34)32(35-31)38-14-13-24(19-38)29(42)20(4)5)30(36-33(40)43)39-16-15-37(18-21(39)6)27(41)9-3/h9-12,17,21,24H,3-4,7-8,13-16,18-19H2,1-2,5-6H3/t21?,24-/m1/s1. The number of rotatable bonds is 8. The first-order chi connectivity index (χ1) is 20.6. The maximum atomic E-state index is 14.1. The topological polar surface area (TPSA) is 91.6 Å². The molecule has 2 aromatic heterocycles. The van der Waals surface area contributed by atoms with Crippen LogP contribution in [0.25, 0.3) is 16.7 Å². The fraction of sp³-hybridized carbons (Fsp3) is 0.424. The number of allylic oxidation sites excluding steroid dienone is 1. The minimum Gasteiger partial charge on any atom is -0.355 e. The van der Waals surface area contributed by atoms with Crippen molar-refractivity contribution in [3.63, 3.8) is 0 Å². The third kappa shape index (κ3) is 5.58. The number of piperazine rings is 1. The summed E-state index contributed by atoms with van der Waals surface area (Å²) in [5, 5.41) is 1.09. The second-order valence-electron chi connectivity index (χ2n) is 11.5. The van der Waals surface area contributed by atoms with Gasteiger partial charge in [0.25, 0.3) is 0 Å². The van der Waals surface area contributed by atoms with Crippen LogP contribution in [0.1, 0.15) is 45.2 Å². The lowest BCUT2D eigenvalue weighted by molar-refractivity contribution is -0.126. The molecule has 3 aromatic rings. The first-order valence-electron chi connectivity index (χ1n) is 15.0. The van der Waals surface area contributed by atoms with Crippen molar-refractivity contribution in [3.05, 3.63) is 75.7 Å². The smallest absolute Gasteiger partial charge is 0.355 e. The van der Waals surface area contributed by atoms with Crippen LogP contribution < -0.4 is 15.5 Å². The number of para-hydroxylation sites is 1. The van der Waals surface area contributed by atoms with Crippen molar-refractivity contribution in [2.75, 3.05) is 42.5 Å². The molecular formula is C33H39ClN6O3. The van der Waals surface area contributed by atoms with E-state index in [-0.39, 0.29) is 23.7 Å². The van der Waals surface area contributed by atoms with Crippen LogP contribution in [0.4, 0.5) is 11.6 Å². The Bertz CT molecular complexity index is 1660. The number of Topliss-reactive ketones (excluding diaryl/α,β-unsaturated/α-hetero) is 1. The zero-order chi connectivity index (χ0) is 31.0. The highest BCUT2D eigenvalue weighted by Gasteiger charge is 2.33. The Labute approximate surface area is 257 Å². The van der Waals surface area contributed by atoms with Crippen molar-refractivity contribution in [1.82, 2.24) is 19.4 Å². The lowest BCUT2D eigenvalue weighted by atomic mass is 9.99. The quantitative estimate of drug-likeness (QED) is 0.344. The average molecular weight is 603 g/mol. The number of pyridine rings is 1. The SMILES string of the molecule is C=CC(=O)N1CCN(c2nc(=O)n(-c3c(CC)cccc3CC)c3nc(N4CC[C@@H](C(=O)C(=C)C)C4)c(Cl)cc23)C(C)C1. The molecule has 0 aliphatic carbocycles. The summed E-state index contributed by atoms with van der Waals surface area (Å²) in [6, 6.07) is 7.82. The van der Waals surface area contributed by atoms with E-state index in [1.54, 1.807) is 16.4 Å². The van der Waals surface area contributed by atoms with E-state index >= 15 is 0 Å². The molecule has 0 radical (unpaired) electrons. The fourth-order valence-corrected chi connectivity index (χ4v) is 6.63. The van der Waals surface area contributed by atoms with E-state index in [9.17, 15) is 14.4 Å². The third-order valence-electron chi connectivity index (χ3n) is 8.64. The summed E-state index contributed by atoms with van der Waals surface area (Å²) >= 11 is 6.95. The normalized spacial score (nSPS) is 18.8. The van der Waals surface area contributed by atoms with E-state index in [4.69, 9.17) is 16.6 Å². The molecule has 9 nitrogen and oxygen atoms in total. The number of halogens is 1. The number of amides is 1. The van der Waals surface area contributed by atoms with Gasteiger partial charge in [-0.15, -0.1) is 0 Å². The Hall–Kier alpha value is -3.98. The van der Waals surface area contributed by atoms with Crippen LogP contribution in [0, 0.1) is 5.92 Å². The molecule has 0 spiro atoms. The Balaban J connectivity index is 1.71. The maximum absolute atomic E-state index is 14.1. The highest BCUT2D eigenvalue weighted by Crippen LogP contribution is 2.36. The van der Waals surface area contributed by atoms with Gasteiger partial charge in [0.15, 0.2) is 11.4 Å². The second-order valence-corrected chi connectivity index (χ2v) is 11.9. The number of anilines is 2. The zero-order valence-corrected chi connectivity index (χ0v) is 26.2. The Morgan fingerprint density at radius 3 is 2.37 bits per heavy atom. The van der Waals surface area contributed by atoms with Crippen LogP contribution in [0.15, 0.2) is 53.9 Å². The molecule has 5 rings (SSSR count). The number of benzene rings is 1. The van der Waals surface area contributed by atoms with Crippen molar-refractivity contribution < 1.29 is 9.59 Å². The molecule has 226 valence electrons. The molecule has 2 fully saturated rings. The van der Waals surface area contributed by atoms with Gasteiger partial charge in [-0.3, -0.25) is 9.59 Å². The van der Waals surface area contributed by atoms with E-state index in [0.29, 0.717) is 72.4 Å². The van der Waals surface area contributed by atoms with Crippen molar-refractivity contribution in [3.8, 4) is 5.69 Å². The van der Waals surface area contributed by atoms with Gasteiger partial charge in [-0.25, -0.2) is 14.3 Å². The minimum absolute atomic E-state index is 0.0512. The van der Waals surface area contributed by atoms with Crippen LogP contribution in [-0.2, 0) is 22.4 Å². The Kier molecular flexibility index (Phi) is 8.74. The molecular weight excluding hydrogens is 564 g/mol. The number of hydrogen-bond acceptors (Lipinski definition) is 7. The minimum atomic E-state index is -0.424. The fourth-order valence-electron chi connectivity index (χ4n) is 6.36. The molecule has 0 saturated carbocycles. The van der Waals surface area contributed by atoms with Crippen molar-refractivity contribution >= 4 is 46.0 Å². The van der Waals surface area contributed by atoms with Crippen LogP contribution in [0.5, 0.6) is 0 Å². The molecule has 2 atom stereocenters. The molecule has 10 heteroatoms. The maximum Gasteiger partial charge on any atom is 0.355 e. The van der Waals surface area contributed by atoms with Gasteiger partial charge in [-0.2, -0.15) is 4.98 Å². The number of carbonyl (C=O) groups is 2. The number of ketones is 1. The molecule has 0 N–H and O–H groups in total. The predicted molar refractivity (Wildman–Crippen MR) is 173 cm³/mol. The van der Waals surface area contributed by atoms with Crippen LogP contribution in [0.3, 0.4) is 0 Å². The van der Waals surface area contributed by atoms with Gasteiger partial charge in [0.05, 0.1) is 16.1 Å². The second kappa shape index (κ2) is 12.3. The van der Waals surface area contributed by atoms with Gasteiger partial charge in [-0.05, 0) is 62.0 Å². The summed E-state index contributed by atoms with van der Waals surface area (Å²) in [6.45, 7) is 17.9. The van der Waals surface area contributed by atoms with E-state index in [1.165, 1.54) is 6.08 Å². The first kappa shape index (κ1) is 30.5. The molecule has 2 aliphatic heterocycles. The summed E-state index contributed by atoms with van der Waals surface area (Å²) in [5.41, 5.74) is 3.43. The average Bonchev–Trinajstić information content (AvgIpc) is 3.49. The van der Waals surface area contributed by atoms with Gasteiger partial charge in [0.2, 0.25) is 5.91 Å². The molecule has 1 unspecified atom stereocenters. The van der Waals surface area contributed by atoms with Gasteiger partial charge in [0.1, 0.15) is 11.6 Å². The van der Waals surface area contributed by atoms with Crippen molar-refractivity contribution in [1.29, 1.82) is 0 Å². The third-order valence-corrected chi connectivity index (χ3v) is 8.91. The predicted octanol–water partition coefficient (Wildman–Crippen LogP) is 4.75. The largest absolute Gasteiger partial charge is 0.355 e. The number of nitrogens with zero attached hydrogens (tertiary/aromatic N) is 6. The number of aryl methyl sites for hydroxylation is 2. The van der Waals surface area contributed by atoms with Crippen LogP contribution in [0.2, 0.25) is 5.02 Å². The summed E-state index contributed by atoms with van der Waals surface area (Å²) in [6.07, 6.45) is 3.46. The number of hydrogen-bond donors (Lipinski definition) is 0. The summed E-state index contributed by atoms with van der Waals surface area (Å²) in [4.78, 5) is 54.7. The van der Waals surface area contributed by atoms with Gasteiger partial charge >= 0.3 is 5.69 Å². The zero-order valence-electron chi connectivity index (χ0n) is 25.4. The first-order valence-corrected chi connectivity index (χ1v) is 15.3. The Morgan fingerprint density at radius 2 is 1.77 bits per heavy atom. The van der Waals surface area contributed by atoms with E-state index < -0.39 is 5.69 Å². The molecule has 2 saturated heterocycles. The summed E-state index contributed by atoms with van der Waals surface area (Å²) in [5.74, 6) is 0.795. The Morgan fingerprint density at radius 1 is 1.07 bits per heavy atom. The number of carbonyl (C=O) groups excluding carboxylic acids is 2. The van der Waals surface area contributed by atoms with Crippen LogP contribution in [-0.4, -0.2) is 69.9 Å². The van der Waals surface area contributed by atoms with Gasteiger partial charge < -0.3 is 14.7 Å². The van der Waals surface area contributed by atoms with E-state index in [2.05, 4.69) is 36.9 Å². The lowest BCUT2D eigenvalue weighted by Gasteiger charge is -2.40. The lowest BCUT2D eigenvalue weighted by Crippen LogP contribution is -2.54. The molecule has 2 aliphatic rings. The molecule has 43 heavy (non-hydrogen) atoms. The number of aromatic nitrogens is 3. The molecule has 1 amide bonds. The van der Waals surface area contributed by atoms with Gasteiger partial charge in [-0.1, -0.05) is 56.8 Å². The van der Waals surface area contributed by atoms with Gasteiger partial charge in [0, 0.05) is 44.7 Å². The molecule has 1 aromatic carbocycles. The van der Waals surface area contributed by atoms with E-state index in [1.807, 2.05) is 36.1 Å². The molecule has 4 heterocycles. The summed E-state index contributed by atoms with van der Waals surface area (Å²) < 4.78 is 1.63.